The summed E-state index contributed by atoms with van der Waals surface area (Å²) in [5.74, 6) is -0.0304. The molecule has 1 rings (SSSR count). The average Bonchev–Trinajstić information content (AvgIpc) is 2.62. The lowest BCUT2D eigenvalue weighted by molar-refractivity contribution is -0.133. The molecule has 5 nitrogen and oxygen atoms in total. The van der Waals surface area contributed by atoms with Crippen LogP contribution in [-0.4, -0.2) is 58.5 Å². The Morgan fingerprint density at radius 1 is 1.27 bits per heavy atom. The van der Waals surface area contributed by atoms with E-state index in [-0.39, 0.29) is 30.0 Å². The molecule has 22 heavy (non-hydrogen) atoms. The van der Waals surface area contributed by atoms with Gasteiger partial charge in [-0.05, 0) is 53.9 Å². The Kier molecular flexibility index (Phi) is 6.98. The van der Waals surface area contributed by atoms with Crippen molar-refractivity contribution >= 4 is 23.6 Å². The van der Waals surface area contributed by atoms with Crippen LogP contribution in [0.25, 0.3) is 0 Å². The van der Waals surface area contributed by atoms with Crippen LogP contribution in [-0.2, 0) is 9.53 Å². The zero-order valence-corrected chi connectivity index (χ0v) is 15.2. The van der Waals surface area contributed by atoms with Crippen molar-refractivity contribution in [3.05, 3.63) is 0 Å². The van der Waals surface area contributed by atoms with E-state index >= 15 is 0 Å². The molecule has 0 aromatic heterocycles. The van der Waals surface area contributed by atoms with Crippen molar-refractivity contribution in [1.82, 2.24) is 9.80 Å². The predicted molar refractivity (Wildman–Crippen MR) is 88.1 cm³/mol. The molecule has 0 saturated carbocycles. The summed E-state index contributed by atoms with van der Waals surface area (Å²) in [6.45, 7) is 10.9. The van der Waals surface area contributed by atoms with Crippen LogP contribution in [0.5, 0.6) is 0 Å². The van der Waals surface area contributed by atoms with Crippen LogP contribution >= 0.6 is 11.6 Å². The second kappa shape index (κ2) is 8.04. The van der Waals surface area contributed by atoms with E-state index in [2.05, 4.69) is 0 Å². The molecule has 6 heteroatoms. The van der Waals surface area contributed by atoms with Crippen molar-refractivity contribution in [1.29, 1.82) is 0 Å². The quantitative estimate of drug-likeness (QED) is 0.745. The number of rotatable bonds is 3. The molecular weight excluding hydrogens is 304 g/mol. The molecular formula is C16H29ClN2O3. The van der Waals surface area contributed by atoms with Crippen LogP contribution in [0.3, 0.4) is 0 Å². The molecule has 1 fully saturated rings. The third-order valence-corrected chi connectivity index (χ3v) is 3.93. The van der Waals surface area contributed by atoms with Crippen molar-refractivity contribution in [3.63, 3.8) is 0 Å². The van der Waals surface area contributed by atoms with Crippen molar-refractivity contribution in [3.8, 4) is 0 Å². The number of nitrogens with zero attached hydrogens (tertiary/aromatic N) is 2. The minimum atomic E-state index is -0.485. The molecule has 1 unspecified atom stereocenters. The molecule has 0 aliphatic carbocycles. The van der Waals surface area contributed by atoms with Crippen LogP contribution in [0.2, 0.25) is 0 Å². The van der Waals surface area contributed by atoms with Gasteiger partial charge >= 0.3 is 6.09 Å². The second-order valence-electron chi connectivity index (χ2n) is 7.08. The van der Waals surface area contributed by atoms with Gasteiger partial charge in [0.1, 0.15) is 11.5 Å². The van der Waals surface area contributed by atoms with E-state index in [4.69, 9.17) is 16.3 Å². The van der Waals surface area contributed by atoms with Gasteiger partial charge in [-0.15, -0.1) is 11.6 Å². The highest BCUT2D eigenvalue weighted by molar-refractivity contribution is 6.27. The molecule has 128 valence electrons. The maximum Gasteiger partial charge on any atom is 0.410 e. The van der Waals surface area contributed by atoms with Gasteiger partial charge in [-0.25, -0.2) is 4.79 Å². The number of likely N-dealkylation sites (tertiary alicyclic amines) is 1. The van der Waals surface area contributed by atoms with E-state index in [0.29, 0.717) is 13.1 Å². The van der Waals surface area contributed by atoms with E-state index in [1.165, 1.54) is 0 Å². The fraction of sp³-hybridized carbons (Fsp3) is 0.875. The van der Waals surface area contributed by atoms with Crippen LogP contribution in [0.15, 0.2) is 0 Å². The van der Waals surface area contributed by atoms with Crippen molar-refractivity contribution in [2.75, 3.05) is 19.0 Å². The van der Waals surface area contributed by atoms with Gasteiger partial charge in [0.25, 0.3) is 0 Å². The first-order chi connectivity index (χ1) is 10.2. The first kappa shape index (κ1) is 19.1. The third kappa shape index (κ3) is 5.67. The summed E-state index contributed by atoms with van der Waals surface area (Å²) in [4.78, 5) is 27.8. The lowest BCUT2D eigenvalue weighted by Gasteiger charge is -2.34. The molecule has 0 radical (unpaired) electrons. The maximum atomic E-state index is 12.2. The molecule has 0 aromatic rings. The molecule has 0 spiro atoms. The number of amides is 2. The maximum absolute atomic E-state index is 12.2. The lowest BCUT2D eigenvalue weighted by atomic mass is 10.1. The second-order valence-corrected chi connectivity index (χ2v) is 7.35. The zero-order chi connectivity index (χ0) is 16.9. The first-order valence-corrected chi connectivity index (χ1v) is 8.54. The summed E-state index contributed by atoms with van der Waals surface area (Å²) in [6.07, 6.45) is 2.25. The molecule has 1 heterocycles. The van der Waals surface area contributed by atoms with Crippen LogP contribution in [0.1, 0.15) is 53.9 Å². The number of carbonyl (C=O) groups excluding carboxylic acids is 2. The molecule has 1 saturated heterocycles. The SMILES string of the molecule is CC(C)N(C(=O)CCl)C1CCCN(C(=O)OC(C)(C)C)CC1. The van der Waals surface area contributed by atoms with E-state index in [1.807, 2.05) is 39.5 Å². The Hall–Kier alpha value is -0.970. The van der Waals surface area contributed by atoms with Crippen LogP contribution in [0, 0.1) is 0 Å². The summed E-state index contributed by atoms with van der Waals surface area (Å²) in [6, 6.07) is 0.253. The van der Waals surface area contributed by atoms with Gasteiger partial charge in [0.05, 0.1) is 0 Å². The molecule has 1 atom stereocenters. The molecule has 0 N–H and O–H groups in total. The molecule has 1 aliphatic heterocycles. The summed E-state index contributed by atoms with van der Waals surface area (Å²) in [5.41, 5.74) is -0.485. The number of halogens is 1. The van der Waals surface area contributed by atoms with Gasteiger partial charge in [0.15, 0.2) is 0 Å². The Bertz CT molecular complexity index is 393. The number of hydrogen-bond donors (Lipinski definition) is 0. The van der Waals surface area contributed by atoms with E-state index in [0.717, 1.165) is 19.3 Å². The molecule has 2 amide bonds. The van der Waals surface area contributed by atoms with Gasteiger partial charge in [-0.1, -0.05) is 0 Å². The van der Waals surface area contributed by atoms with Crippen molar-refractivity contribution in [2.24, 2.45) is 0 Å². The Morgan fingerprint density at radius 2 is 1.91 bits per heavy atom. The largest absolute Gasteiger partial charge is 0.444 e. The zero-order valence-electron chi connectivity index (χ0n) is 14.4. The number of ether oxygens (including phenoxy) is 1. The summed E-state index contributed by atoms with van der Waals surface area (Å²) < 4.78 is 5.43. The fourth-order valence-corrected chi connectivity index (χ4v) is 2.99. The van der Waals surface area contributed by atoms with E-state index < -0.39 is 5.60 Å². The summed E-state index contributed by atoms with van der Waals surface area (Å²) in [5, 5.41) is 0. The highest BCUT2D eigenvalue weighted by Crippen LogP contribution is 2.21. The predicted octanol–water partition coefficient (Wildman–Crippen LogP) is 3.25. The van der Waals surface area contributed by atoms with E-state index in [9.17, 15) is 9.59 Å². The third-order valence-electron chi connectivity index (χ3n) is 3.70. The lowest BCUT2D eigenvalue weighted by Crippen LogP contribution is -2.46. The average molecular weight is 333 g/mol. The topological polar surface area (TPSA) is 49.9 Å². The minimum Gasteiger partial charge on any atom is -0.444 e. The Labute approximate surface area is 138 Å². The normalized spacial score (nSPS) is 19.8. The molecule has 1 aliphatic rings. The van der Waals surface area contributed by atoms with Gasteiger partial charge in [0.2, 0.25) is 5.91 Å². The summed E-state index contributed by atoms with van der Waals surface area (Å²) >= 11 is 5.73. The standard InChI is InChI=1S/C16H29ClN2O3/c1-12(2)19(14(20)11-17)13-7-6-9-18(10-8-13)15(21)22-16(3,4)5/h12-13H,6-11H2,1-5H3. The fourth-order valence-electron chi connectivity index (χ4n) is 2.85. The van der Waals surface area contributed by atoms with Crippen LogP contribution in [0.4, 0.5) is 4.79 Å². The molecule has 0 bridgehead atoms. The van der Waals surface area contributed by atoms with Crippen LogP contribution < -0.4 is 0 Å². The Morgan fingerprint density at radius 3 is 2.41 bits per heavy atom. The van der Waals surface area contributed by atoms with Crippen molar-refractivity contribution < 1.29 is 14.3 Å². The van der Waals surface area contributed by atoms with Gasteiger partial charge in [0, 0.05) is 25.2 Å². The van der Waals surface area contributed by atoms with Gasteiger partial charge in [-0.3, -0.25) is 4.79 Å². The Balaban J connectivity index is 2.68. The minimum absolute atomic E-state index is 0.00442. The highest BCUT2D eigenvalue weighted by atomic mass is 35.5. The van der Waals surface area contributed by atoms with Crippen molar-refractivity contribution in [2.45, 2.75) is 71.6 Å². The number of carbonyl (C=O) groups is 2. The highest BCUT2D eigenvalue weighted by Gasteiger charge is 2.30. The monoisotopic (exact) mass is 332 g/mol. The number of hydrogen-bond acceptors (Lipinski definition) is 3. The molecule has 0 aromatic carbocycles. The smallest absolute Gasteiger partial charge is 0.410 e. The van der Waals surface area contributed by atoms with Gasteiger partial charge < -0.3 is 14.5 Å². The van der Waals surface area contributed by atoms with E-state index in [1.54, 1.807) is 4.90 Å². The number of alkyl halides is 1. The van der Waals surface area contributed by atoms with Gasteiger partial charge in [-0.2, -0.15) is 0 Å². The first-order valence-electron chi connectivity index (χ1n) is 8.00. The summed E-state index contributed by atoms with van der Waals surface area (Å²) in [7, 11) is 0.